The molecule has 0 bridgehead atoms. The van der Waals surface area contributed by atoms with Crippen LogP contribution in [0.3, 0.4) is 0 Å². The van der Waals surface area contributed by atoms with Gasteiger partial charge in [-0.3, -0.25) is 14.2 Å². The van der Waals surface area contributed by atoms with Crippen molar-refractivity contribution in [2.45, 2.75) is 25.8 Å². The highest BCUT2D eigenvalue weighted by molar-refractivity contribution is 7.88. The Bertz CT molecular complexity index is 991. The van der Waals surface area contributed by atoms with Gasteiger partial charge < -0.3 is 10.1 Å². The maximum absolute atomic E-state index is 12.7. The molecule has 10 heteroatoms. The van der Waals surface area contributed by atoms with Gasteiger partial charge in [-0.05, 0) is 18.1 Å². The van der Waals surface area contributed by atoms with E-state index in [2.05, 4.69) is 5.32 Å². The number of amides is 1. The first kappa shape index (κ1) is 20.7. The molecule has 1 aromatic heterocycles. The summed E-state index contributed by atoms with van der Waals surface area (Å²) in [5, 5.41) is 4.48. The smallest absolute Gasteiger partial charge is 0.307 e. The molecular formula is C18H23N3O5S2. The molecule has 1 saturated heterocycles. The molecule has 0 spiro atoms. The van der Waals surface area contributed by atoms with Crippen molar-refractivity contribution in [2.24, 2.45) is 0 Å². The largest absolute Gasteiger partial charge is 0.379 e. The van der Waals surface area contributed by atoms with Gasteiger partial charge in [-0.15, -0.1) is 0 Å². The third kappa shape index (κ3) is 5.07. The zero-order valence-electron chi connectivity index (χ0n) is 15.6. The molecule has 1 fully saturated rings. The maximum Gasteiger partial charge on any atom is 0.307 e. The van der Waals surface area contributed by atoms with Crippen molar-refractivity contribution in [3.63, 3.8) is 0 Å². The van der Waals surface area contributed by atoms with Crippen molar-refractivity contribution in [3.05, 3.63) is 56.1 Å². The van der Waals surface area contributed by atoms with E-state index in [1.807, 2.05) is 0 Å². The van der Waals surface area contributed by atoms with Crippen LogP contribution in [0.15, 0.2) is 34.4 Å². The van der Waals surface area contributed by atoms with E-state index in [1.54, 1.807) is 36.6 Å². The Morgan fingerprint density at radius 2 is 1.89 bits per heavy atom. The lowest BCUT2D eigenvalue weighted by Crippen LogP contribution is -2.41. The Labute approximate surface area is 167 Å². The predicted molar refractivity (Wildman–Crippen MR) is 107 cm³/mol. The van der Waals surface area contributed by atoms with Crippen LogP contribution in [0.1, 0.15) is 16.8 Å². The molecule has 1 amide bonds. The van der Waals surface area contributed by atoms with Crippen molar-refractivity contribution >= 4 is 27.3 Å². The van der Waals surface area contributed by atoms with Gasteiger partial charge in [0.25, 0.3) is 0 Å². The van der Waals surface area contributed by atoms with Crippen LogP contribution in [-0.4, -0.2) is 49.5 Å². The second-order valence-electron chi connectivity index (χ2n) is 6.54. The summed E-state index contributed by atoms with van der Waals surface area (Å²) in [6.45, 7) is 3.44. The SMILES string of the molecule is Cc1csc(=O)n1CC(=O)NCc1ccccc1CS(=O)(=O)N1CCOCC1. The zero-order valence-corrected chi connectivity index (χ0v) is 17.2. The molecule has 152 valence electrons. The maximum atomic E-state index is 12.7. The number of benzene rings is 1. The van der Waals surface area contributed by atoms with E-state index in [9.17, 15) is 18.0 Å². The number of carbonyl (C=O) groups is 1. The van der Waals surface area contributed by atoms with E-state index in [0.29, 0.717) is 31.9 Å². The van der Waals surface area contributed by atoms with Crippen molar-refractivity contribution in [1.82, 2.24) is 14.2 Å². The monoisotopic (exact) mass is 425 g/mol. The molecule has 0 radical (unpaired) electrons. The molecule has 3 rings (SSSR count). The Kier molecular flexibility index (Phi) is 6.65. The lowest BCUT2D eigenvalue weighted by molar-refractivity contribution is -0.121. The highest BCUT2D eigenvalue weighted by atomic mass is 32.2. The summed E-state index contributed by atoms with van der Waals surface area (Å²) in [6.07, 6.45) is 0. The number of hydrogen-bond acceptors (Lipinski definition) is 6. The highest BCUT2D eigenvalue weighted by Crippen LogP contribution is 2.16. The van der Waals surface area contributed by atoms with Gasteiger partial charge in [-0.2, -0.15) is 4.31 Å². The zero-order chi connectivity index (χ0) is 20.1. The minimum atomic E-state index is -3.45. The molecule has 8 nitrogen and oxygen atoms in total. The van der Waals surface area contributed by atoms with Crippen LogP contribution in [0.4, 0.5) is 0 Å². The summed E-state index contributed by atoms with van der Waals surface area (Å²) in [6, 6.07) is 7.14. The number of thiazole rings is 1. The summed E-state index contributed by atoms with van der Waals surface area (Å²) < 4.78 is 33.4. The third-order valence-electron chi connectivity index (χ3n) is 4.57. The topological polar surface area (TPSA) is 97.7 Å². The predicted octanol–water partition coefficient (Wildman–Crippen LogP) is 0.697. The summed E-state index contributed by atoms with van der Waals surface area (Å²) in [5.41, 5.74) is 2.13. The molecule has 1 aliphatic heterocycles. The van der Waals surface area contributed by atoms with Crippen molar-refractivity contribution in [3.8, 4) is 0 Å². The summed E-state index contributed by atoms with van der Waals surface area (Å²) in [4.78, 5) is 23.8. The van der Waals surface area contributed by atoms with Crippen LogP contribution in [0.2, 0.25) is 0 Å². The Hall–Kier alpha value is -2.01. The van der Waals surface area contributed by atoms with Gasteiger partial charge in [0, 0.05) is 30.7 Å². The van der Waals surface area contributed by atoms with Crippen LogP contribution in [0.25, 0.3) is 0 Å². The quantitative estimate of drug-likeness (QED) is 0.704. The number of aryl methyl sites for hydroxylation is 1. The number of carbonyl (C=O) groups excluding carboxylic acids is 1. The van der Waals surface area contributed by atoms with E-state index in [-0.39, 0.29) is 29.6 Å². The second-order valence-corrected chi connectivity index (χ2v) is 9.33. The molecule has 2 heterocycles. The third-order valence-corrected chi connectivity index (χ3v) is 7.28. The Morgan fingerprint density at radius 1 is 1.21 bits per heavy atom. The number of hydrogen-bond donors (Lipinski definition) is 1. The van der Waals surface area contributed by atoms with E-state index in [4.69, 9.17) is 4.74 Å². The fourth-order valence-electron chi connectivity index (χ4n) is 2.97. The Balaban J connectivity index is 1.65. The molecule has 1 aromatic carbocycles. The fraction of sp³-hybridized carbons (Fsp3) is 0.444. The van der Waals surface area contributed by atoms with Crippen LogP contribution in [0, 0.1) is 6.92 Å². The van der Waals surface area contributed by atoms with Crippen LogP contribution in [-0.2, 0) is 38.4 Å². The summed E-state index contributed by atoms with van der Waals surface area (Å²) in [5.74, 6) is -0.420. The normalized spacial score (nSPS) is 15.5. The molecule has 2 aromatic rings. The molecule has 0 saturated carbocycles. The molecule has 28 heavy (non-hydrogen) atoms. The number of nitrogens with one attached hydrogen (secondary N) is 1. The van der Waals surface area contributed by atoms with Crippen molar-refractivity contribution in [1.29, 1.82) is 0 Å². The minimum absolute atomic E-state index is 0.0532. The van der Waals surface area contributed by atoms with Gasteiger partial charge in [-0.25, -0.2) is 8.42 Å². The lowest BCUT2D eigenvalue weighted by atomic mass is 10.1. The highest BCUT2D eigenvalue weighted by Gasteiger charge is 2.25. The van der Waals surface area contributed by atoms with Gasteiger partial charge in [0.05, 0.1) is 19.0 Å². The number of aromatic nitrogens is 1. The average molecular weight is 426 g/mol. The number of rotatable bonds is 7. The van der Waals surface area contributed by atoms with Gasteiger partial charge in [0.1, 0.15) is 6.54 Å². The molecule has 1 aliphatic rings. The van der Waals surface area contributed by atoms with E-state index >= 15 is 0 Å². The molecule has 0 unspecified atom stereocenters. The molecule has 0 aliphatic carbocycles. The fourth-order valence-corrected chi connectivity index (χ4v) is 5.27. The molecular weight excluding hydrogens is 402 g/mol. The number of morpholine rings is 1. The van der Waals surface area contributed by atoms with Gasteiger partial charge in [0.15, 0.2) is 0 Å². The van der Waals surface area contributed by atoms with E-state index in [1.165, 1.54) is 8.87 Å². The summed E-state index contributed by atoms with van der Waals surface area (Å²) in [7, 11) is -3.45. The van der Waals surface area contributed by atoms with Gasteiger partial charge in [-0.1, -0.05) is 35.6 Å². The first-order chi connectivity index (χ1) is 13.4. The number of sulfonamides is 1. The minimum Gasteiger partial charge on any atom is -0.379 e. The first-order valence-electron chi connectivity index (χ1n) is 8.91. The van der Waals surface area contributed by atoms with E-state index < -0.39 is 10.0 Å². The molecule has 1 N–H and O–H groups in total. The number of ether oxygens (including phenoxy) is 1. The average Bonchev–Trinajstić information content (AvgIpc) is 3.00. The van der Waals surface area contributed by atoms with Crippen LogP contribution >= 0.6 is 11.3 Å². The Morgan fingerprint density at radius 3 is 2.54 bits per heavy atom. The molecule has 0 atom stereocenters. The standard InChI is InChI=1S/C18H23N3O5S2/c1-14-12-27-18(23)21(14)11-17(22)19-10-15-4-2-3-5-16(15)13-28(24,25)20-6-8-26-9-7-20/h2-5,12H,6-11,13H2,1H3,(H,19,22). The lowest BCUT2D eigenvalue weighted by Gasteiger charge is -2.26. The van der Waals surface area contributed by atoms with Crippen LogP contribution < -0.4 is 10.2 Å². The first-order valence-corrected chi connectivity index (χ1v) is 11.4. The van der Waals surface area contributed by atoms with Crippen molar-refractivity contribution < 1.29 is 17.9 Å². The summed E-state index contributed by atoms with van der Waals surface area (Å²) >= 11 is 1.06. The van der Waals surface area contributed by atoms with Crippen molar-refractivity contribution in [2.75, 3.05) is 26.3 Å². The van der Waals surface area contributed by atoms with Crippen LogP contribution in [0.5, 0.6) is 0 Å². The second kappa shape index (κ2) is 8.99. The van der Waals surface area contributed by atoms with Gasteiger partial charge >= 0.3 is 4.87 Å². The number of nitrogens with zero attached hydrogens (tertiary/aromatic N) is 2. The van der Waals surface area contributed by atoms with Gasteiger partial charge in [0.2, 0.25) is 15.9 Å². The van der Waals surface area contributed by atoms with E-state index in [0.717, 1.165) is 22.6 Å².